The number of carboxylic acids is 1. The van der Waals surface area contributed by atoms with Crippen molar-refractivity contribution in [3.05, 3.63) is 35.9 Å². The first-order valence-electron chi connectivity index (χ1n) is 10.0. The van der Waals surface area contributed by atoms with Crippen LogP contribution in [0.4, 0.5) is 9.59 Å². The third-order valence-electron chi connectivity index (χ3n) is 3.97. The predicted octanol–water partition coefficient (Wildman–Crippen LogP) is 1.15. The van der Waals surface area contributed by atoms with Crippen LogP contribution >= 0.6 is 0 Å². The van der Waals surface area contributed by atoms with E-state index in [0.29, 0.717) is 0 Å². The Balaban J connectivity index is 2.59. The fraction of sp³-hybridized carbons (Fsp3) is 0.524. The Labute approximate surface area is 186 Å². The van der Waals surface area contributed by atoms with Gasteiger partial charge in [-0.15, -0.1) is 0 Å². The average Bonchev–Trinajstić information content (AvgIpc) is 2.68. The molecule has 0 saturated heterocycles. The first kappa shape index (κ1) is 26.7. The molecule has 0 aliphatic carbocycles. The van der Waals surface area contributed by atoms with Crippen molar-refractivity contribution in [2.75, 3.05) is 6.54 Å². The fourth-order valence-electron chi connectivity index (χ4n) is 2.45. The number of alkyl carbamates (subject to hydrolysis) is 2. The summed E-state index contributed by atoms with van der Waals surface area (Å²) >= 11 is 0. The lowest BCUT2D eigenvalue weighted by atomic mass is 10.1. The first-order chi connectivity index (χ1) is 14.9. The number of amides is 3. The highest BCUT2D eigenvalue weighted by molar-refractivity contribution is 5.89. The van der Waals surface area contributed by atoms with Crippen LogP contribution in [0.5, 0.6) is 0 Å². The second kappa shape index (κ2) is 12.5. The van der Waals surface area contributed by atoms with E-state index in [1.807, 2.05) is 0 Å². The molecule has 0 aliphatic rings. The Morgan fingerprint density at radius 3 is 2.19 bits per heavy atom. The smallest absolute Gasteiger partial charge is 0.408 e. The molecule has 11 heteroatoms. The highest BCUT2D eigenvalue weighted by Gasteiger charge is 2.30. The molecule has 0 bridgehead atoms. The van der Waals surface area contributed by atoms with Crippen molar-refractivity contribution in [1.29, 1.82) is 0 Å². The fourth-order valence-corrected chi connectivity index (χ4v) is 2.45. The van der Waals surface area contributed by atoms with Crippen LogP contribution < -0.4 is 16.0 Å². The summed E-state index contributed by atoms with van der Waals surface area (Å²) in [4.78, 5) is 47.6. The number of benzene rings is 1. The molecule has 178 valence electrons. The topological polar surface area (TPSA) is 163 Å². The van der Waals surface area contributed by atoms with Crippen molar-refractivity contribution in [1.82, 2.24) is 16.0 Å². The van der Waals surface area contributed by atoms with Crippen molar-refractivity contribution in [2.24, 2.45) is 0 Å². The van der Waals surface area contributed by atoms with Crippen LogP contribution in [0.2, 0.25) is 0 Å². The molecule has 1 aromatic rings. The molecule has 1 rings (SSSR count). The monoisotopic (exact) mass is 453 g/mol. The lowest BCUT2D eigenvalue weighted by molar-refractivity contribution is -0.142. The van der Waals surface area contributed by atoms with Crippen LogP contribution in [0.3, 0.4) is 0 Å². The number of carbonyl (C=O) groups excluding carboxylic acids is 3. The first-order valence-corrected chi connectivity index (χ1v) is 10.0. The third-order valence-corrected chi connectivity index (χ3v) is 3.97. The normalized spacial score (nSPS) is 13.8. The van der Waals surface area contributed by atoms with E-state index in [4.69, 9.17) is 9.47 Å². The second-order valence-electron chi connectivity index (χ2n) is 8.04. The van der Waals surface area contributed by atoms with Gasteiger partial charge in [-0.05, 0) is 39.7 Å². The average molecular weight is 453 g/mol. The summed E-state index contributed by atoms with van der Waals surface area (Å²) in [5, 5.41) is 26.1. The van der Waals surface area contributed by atoms with Gasteiger partial charge in [0.05, 0.1) is 6.10 Å². The van der Waals surface area contributed by atoms with Gasteiger partial charge in [0.25, 0.3) is 0 Å². The van der Waals surface area contributed by atoms with E-state index in [1.165, 1.54) is 6.92 Å². The van der Waals surface area contributed by atoms with E-state index >= 15 is 0 Å². The van der Waals surface area contributed by atoms with Gasteiger partial charge in [0, 0.05) is 6.54 Å². The zero-order valence-electron chi connectivity index (χ0n) is 18.6. The van der Waals surface area contributed by atoms with Gasteiger partial charge in [-0.3, -0.25) is 4.79 Å². The molecule has 0 unspecified atom stereocenters. The Bertz CT molecular complexity index is 777. The number of aliphatic hydroxyl groups excluding tert-OH is 1. The molecule has 0 radical (unpaired) electrons. The summed E-state index contributed by atoms with van der Waals surface area (Å²) in [6, 6.07) is 6.02. The molecule has 3 amide bonds. The number of ether oxygens (including phenoxy) is 2. The molecule has 0 heterocycles. The van der Waals surface area contributed by atoms with Gasteiger partial charge in [0.15, 0.2) is 0 Å². The van der Waals surface area contributed by atoms with Crippen LogP contribution in [-0.2, 0) is 25.7 Å². The number of rotatable bonds is 10. The highest BCUT2D eigenvalue weighted by Crippen LogP contribution is 2.06. The van der Waals surface area contributed by atoms with Crippen molar-refractivity contribution in [3.8, 4) is 0 Å². The van der Waals surface area contributed by atoms with Crippen molar-refractivity contribution in [3.63, 3.8) is 0 Å². The Hall–Kier alpha value is -3.34. The summed E-state index contributed by atoms with van der Waals surface area (Å²) in [5.41, 5.74) is 0.0135. The molecule has 3 atom stereocenters. The summed E-state index contributed by atoms with van der Waals surface area (Å²) < 4.78 is 10.1. The molecular formula is C21H31N3O8. The number of hydrogen-bond donors (Lipinski definition) is 5. The minimum absolute atomic E-state index is 0.0467. The summed E-state index contributed by atoms with van der Waals surface area (Å²) in [6.45, 7) is 6.18. The van der Waals surface area contributed by atoms with Crippen LogP contribution in [0.15, 0.2) is 30.3 Å². The maximum absolute atomic E-state index is 12.5. The molecule has 0 saturated carbocycles. The molecule has 11 nitrogen and oxygen atoms in total. The maximum atomic E-state index is 12.5. The van der Waals surface area contributed by atoms with Crippen molar-refractivity contribution < 1.29 is 38.9 Å². The van der Waals surface area contributed by atoms with E-state index in [9.17, 15) is 29.4 Å². The summed E-state index contributed by atoms with van der Waals surface area (Å²) in [6.07, 6.45) is -3.15. The van der Waals surface area contributed by atoms with E-state index < -0.39 is 47.9 Å². The van der Waals surface area contributed by atoms with Gasteiger partial charge in [0.2, 0.25) is 5.91 Å². The van der Waals surface area contributed by atoms with Crippen LogP contribution in [0.1, 0.15) is 39.7 Å². The Kier molecular flexibility index (Phi) is 10.4. The molecule has 0 aromatic heterocycles. The predicted molar refractivity (Wildman–Crippen MR) is 114 cm³/mol. The van der Waals surface area contributed by atoms with Gasteiger partial charge in [-0.1, -0.05) is 30.3 Å². The number of carboxylic acid groups (broad SMARTS) is 1. The molecule has 1 aromatic carbocycles. The zero-order chi connectivity index (χ0) is 24.3. The molecular weight excluding hydrogens is 422 g/mol. The van der Waals surface area contributed by atoms with Crippen LogP contribution in [-0.4, -0.2) is 64.6 Å². The van der Waals surface area contributed by atoms with Crippen LogP contribution in [0, 0.1) is 0 Å². The molecule has 0 aliphatic heterocycles. The number of carbonyl (C=O) groups is 4. The van der Waals surface area contributed by atoms with Gasteiger partial charge in [-0.25, -0.2) is 14.4 Å². The van der Waals surface area contributed by atoms with Gasteiger partial charge < -0.3 is 35.6 Å². The van der Waals surface area contributed by atoms with Gasteiger partial charge in [-0.2, -0.15) is 0 Å². The van der Waals surface area contributed by atoms with Crippen molar-refractivity contribution >= 4 is 24.1 Å². The minimum Gasteiger partial charge on any atom is -0.480 e. The summed E-state index contributed by atoms with van der Waals surface area (Å²) in [5.74, 6) is -2.26. The number of aliphatic carboxylic acids is 1. The van der Waals surface area contributed by atoms with E-state index in [2.05, 4.69) is 16.0 Å². The SMILES string of the molecule is C[C@@H](O)[C@H](NC(=O)OCc1ccccc1)C(=O)N[C@@H](CCNC(=O)OC(C)(C)C)C(=O)O. The minimum atomic E-state index is -1.45. The van der Waals surface area contributed by atoms with E-state index in [0.717, 1.165) is 5.56 Å². The lowest BCUT2D eigenvalue weighted by Gasteiger charge is -2.23. The number of nitrogens with one attached hydrogen (secondary N) is 3. The standard InChI is InChI=1S/C21H31N3O8/c1-13(25)16(24-20(30)31-12-14-8-6-5-7-9-14)17(26)23-15(18(27)28)10-11-22-19(29)32-21(2,3)4/h5-9,13,15-16,25H,10-12H2,1-4H3,(H,22,29)(H,23,26)(H,24,30)(H,27,28)/t13-,15+,16+/m1/s1. The van der Waals surface area contributed by atoms with Crippen LogP contribution in [0.25, 0.3) is 0 Å². The van der Waals surface area contributed by atoms with Gasteiger partial charge >= 0.3 is 18.2 Å². The third kappa shape index (κ3) is 10.6. The van der Waals surface area contributed by atoms with E-state index in [1.54, 1.807) is 51.1 Å². The summed E-state index contributed by atoms with van der Waals surface area (Å²) in [7, 11) is 0. The molecule has 32 heavy (non-hydrogen) atoms. The van der Waals surface area contributed by atoms with Gasteiger partial charge in [0.1, 0.15) is 24.3 Å². The largest absolute Gasteiger partial charge is 0.480 e. The molecule has 0 spiro atoms. The number of hydrogen-bond acceptors (Lipinski definition) is 7. The highest BCUT2D eigenvalue weighted by atomic mass is 16.6. The lowest BCUT2D eigenvalue weighted by Crippen LogP contribution is -2.56. The second-order valence-corrected chi connectivity index (χ2v) is 8.04. The maximum Gasteiger partial charge on any atom is 0.408 e. The molecule has 5 N–H and O–H groups in total. The Morgan fingerprint density at radius 1 is 1.03 bits per heavy atom. The Morgan fingerprint density at radius 2 is 1.66 bits per heavy atom. The molecule has 0 fully saturated rings. The van der Waals surface area contributed by atoms with E-state index in [-0.39, 0.29) is 19.6 Å². The quantitative estimate of drug-likeness (QED) is 0.352. The van der Waals surface area contributed by atoms with Crippen molar-refractivity contribution in [2.45, 2.75) is 64.5 Å². The number of aliphatic hydroxyl groups is 1. The zero-order valence-corrected chi connectivity index (χ0v) is 18.6.